The smallest absolute Gasteiger partial charge is 0.270 e. The summed E-state index contributed by atoms with van der Waals surface area (Å²) in [6, 6.07) is 61.5. The van der Waals surface area contributed by atoms with Gasteiger partial charge in [0.25, 0.3) is 11.4 Å². The number of allylic oxidation sites excluding steroid dienone is 6. The Morgan fingerprint density at radius 2 is 0.728 bits per heavy atom. The lowest BCUT2D eigenvalue weighted by molar-refractivity contribution is 0.103. The third-order valence-corrected chi connectivity index (χ3v) is 40.1. The molecule has 0 aliphatic heterocycles. The van der Waals surface area contributed by atoms with Crippen LogP contribution in [0.3, 0.4) is 0 Å². The van der Waals surface area contributed by atoms with Gasteiger partial charge in [0.15, 0.2) is 10.1 Å². The molecule has 18 heteroatoms. The average molecular weight is 1970 g/mol. The lowest BCUT2D eigenvalue weighted by Crippen LogP contribution is -2.29. The first-order chi connectivity index (χ1) is 66.7. The van der Waals surface area contributed by atoms with Crippen LogP contribution in [0.1, 0.15) is 316 Å². The van der Waals surface area contributed by atoms with Crippen molar-refractivity contribution in [3.63, 3.8) is 0 Å². The first-order valence-corrected chi connectivity index (χ1v) is 57.9. The van der Waals surface area contributed by atoms with Crippen molar-refractivity contribution in [1.29, 1.82) is 10.5 Å². The summed E-state index contributed by atoms with van der Waals surface area (Å²) in [5.74, 6) is 0.454. The van der Waals surface area contributed by atoms with Crippen LogP contribution in [0.2, 0.25) is 0 Å². The van der Waals surface area contributed by atoms with E-state index in [-0.39, 0.29) is 23.0 Å². The van der Waals surface area contributed by atoms with Crippen molar-refractivity contribution in [3.8, 4) is 62.7 Å². The number of carbonyl (C=O) groups is 2. The number of carbonyl (C=O) groups excluding carboxylic acids is 2. The number of rotatable bonds is 42. The van der Waals surface area contributed by atoms with Crippen LogP contribution in [0.15, 0.2) is 179 Å². The van der Waals surface area contributed by atoms with Crippen LogP contribution in [0.5, 0.6) is 10.1 Å². The van der Waals surface area contributed by atoms with Gasteiger partial charge in [-0.15, -0.1) is 90.7 Å². The molecule has 0 bridgehead atoms. The zero-order valence-electron chi connectivity index (χ0n) is 79.0. The number of unbranched alkanes of at least 4 members (excludes halogenated alkanes) is 14. The monoisotopic (exact) mass is 1970 g/mol. The van der Waals surface area contributed by atoms with E-state index < -0.39 is 10.8 Å². The highest BCUT2D eigenvalue weighted by molar-refractivity contribution is 7.31. The lowest BCUT2D eigenvalue weighted by Gasteiger charge is -2.35. The van der Waals surface area contributed by atoms with E-state index in [0.717, 1.165) is 276 Å². The highest BCUT2D eigenvalue weighted by Gasteiger charge is 2.55. The molecule has 0 amide bonds. The molecule has 690 valence electrons. The van der Waals surface area contributed by atoms with Crippen molar-refractivity contribution < 1.29 is 19.1 Å². The van der Waals surface area contributed by atoms with E-state index in [9.17, 15) is 10.5 Å². The summed E-state index contributed by atoms with van der Waals surface area (Å²) in [6.45, 7) is 36.7. The summed E-state index contributed by atoms with van der Waals surface area (Å²) in [4.78, 5) is 48.8. The molecule has 5 aromatic carbocycles. The maximum atomic E-state index is 15.6. The number of benzene rings is 5. The summed E-state index contributed by atoms with van der Waals surface area (Å²) < 4.78 is 20.6. The summed E-state index contributed by atoms with van der Waals surface area (Å²) in [5, 5.41) is 30.3. The normalized spacial score (nSPS) is 15.6. The fourth-order valence-electron chi connectivity index (χ4n) is 21.5. The first-order valence-electron chi connectivity index (χ1n) is 49.6. The van der Waals surface area contributed by atoms with Gasteiger partial charge in [0.2, 0.25) is 11.6 Å². The maximum Gasteiger partial charge on any atom is 0.270 e. The van der Waals surface area contributed by atoms with E-state index in [1.54, 1.807) is 68.0 Å². The Morgan fingerprint density at radius 3 is 1.04 bits per heavy atom. The predicted molar refractivity (Wildman–Crippen MR) is 585 cm³/mol. The van der Waals surface area contributed by atoms with E-state index >= 15 is 9.59 Å². The summed E-state index contributed by atoms with van der Waals surface area (Å²) in [7, 11) is 0. The SMILES string of the molecule is [C-]#[N+]C(C#N)=C1/C(=C/c2cc3c(s2)-c2sc4c(-c5ccc(OCC(CC)CCCC)s5)c5c6c(sc5c(-c5ccc(OCC(CC)CCCC)s5)c4c2C3(c2ccc(CCCCCC)cc2)c2ccc(CCCCCC)cc2)-c2sc(/C=C3\C(=O)c4sc5ccsc5c4\C3=C(/C#N)[N+]#[C-])cc2C6(c2ccc(CCCCCC)cc2)c2ccc(CCCCCC)cc2)C(=O)c2sc3ccsc3c21. The number of hydrogen-bond acceptors (Lipinski definition) is 16. The molecule has 10 heterocycles. The number of nitrogens with zero attached hydrogens (tertiary/aromatic N) is 4. The van der Waals surface area contributed by atoms with Crippen molar-refractivity contribution in [2.45, 2.75) is 246 Å². The van der Waals surface area contributed by atoms with E-state index in [0.29, 0.717) is 68.2 Å². The van der Waals surface area contributed by atoms with Crippen LogP contribution in [0, 0.1) is 47.6 Å². The van der Waals surface area contributed by atoms with Crippen molar-refractivity contribution in [2.24, 2.45) is 11.8 Å². The van der Waals surface area contributed by atoms with Gasteiger partial charge in [-0.2, -0.15) is 0 Å². The van der Waals surface area contributed by atoms with Gasteiger partial charge in [-0.1, -0.05) is 291 Å². The molecule has 4 aliphatic rings. The number of fused-ring (bicyclic) bond motifs is 16. The first kappa shape index (κ1) is 94.9. The number of nitriles is 2. The van der Waals surface area contributed by atoms with Crippen LogP contribution < -0.4 is 9.47 Å². The van der Waals surface area contributed by atoms with Crippen molar-refractivity contribution >= 4 is 187 Å². The Morgan fingerprint density at radius 1 is 0.382 bits per heavy atom. The van der Waals surface area contributed by atoms with Gasteiger partial charge in [-0.25, -0.2) is 20.2 Å². The van der Waals surface area contributed by atoms with Gasteiger partial charge >= 0.3 is 0 Å². The van der Waals surface area contributed by atoms with Crippen LogP contribution in [0.25, 0.3) is 112 Å². The molecule has 0 fully saturated rings. The fraction of sp³-hybridized carbons (Fsp3) is 0.356. The number of aryl methyl sites for hydroxylation is 4. The molecule has 0 radical (unpaired) electrons. The molecular weight excluding hydrogens is 1860 g/mol. The molecule has 2 atom stereocenters. The minimum Gasteiger partial charge on any atom is -0.484 e. The van der Waals surface area contributed by atoms with Crippen LogP contribution >= 0.6 is 113 Å². The molecule has 4 aliphatic carbocycles. The molecule has 2 unspecified atom stereocenters. The molecule has 8 nitrogen and oxygen atoms in total. The molecule has 136 heavy (non-hydrogen) atoms. The van der Waals surface area contributed by atoms with Crippen molar-refractivity contribution in [1.82, 2.24) is 0 Å². The zero-order valence-corrected chi connectivity index (χ0v) is 87.2. The Kier molecular flexibility index (Phi) is 29.3. The second kappa shape index (κ2) is 42.0. The van der Waals surface area contributed by atoms with E-state index in [4.69, 9.17) is 22.6 Å². The number of ether oxygens (including phenoxy) is 2. The van der Waals surface area contributed by atoms with E-state index in [1.807, 2.05) is 57.7 Å². The van der Waals surface area contributed by atoms with Gasteiger partial charge in [0.05, 0.1) is 88.0 Å². The van der Waals surface area contributed by atoms with E-state index in [2.05, 4.69) is 211 Å². The van der Waals surface area contributed by atoms with Gasteiger partial charge in [-0.05, 0) is 214 Å². The Bertz CT molecular complexity index is 6750. The maximum absolute atomic E-state index is 15.6. The van der Waals surface area contributed by atoms with Gasteiger partial charge < -0.3 is 9.47 Å². The van der Waals surface area contributed by atoms with Crippen molar-refractivity contribution in [3.05, 3.63) is 299 Å². The third kappa shape index (κ3) is 17.2. The molecule has 15 aromatic rings. The molecule has 0 saturated heterocycles. The highest BCUT2D eigenvalue weighted by Crippen LogP contribution is 2.72. The quantitative estimate of drug-likeness (QED) is 0.0163. The Labute approximate surface area is 841 Å². The van der Waals surface area contributed by atoms with Crippen LogP contribution in [0.4, 0.5) is 0 Å². The largest absolute Gasteiger partial charge is 0.484 e. The lowest BCUT2D eigenvalue weighted by atomic mass is 9.66. The topological polar surface area (TPSA) is 109 Å². The molecule has 19 rings (SSSR count). The average Bonchev–Trinajstić information content (AvgIpc) is 1.48. The highest BCUT2D eigenvalue weighted by atomic mass is 32.1. The standard InChI is InChI=1S/C118H114N4O4S10/c1-11-19-25-29-35-73-39-47-77(48-40-73)117(78-49-41-74(42-50-78)36-30-26-20-12-2)85-65-81(63-83-95(87(67-119)121-9)101-109-91(59-61-127-109)133-113(101)105(83)123)129-107(85)115-103(117)99-97(89-55-57-93(131-89)125-69-71(17-7)33-23-15-5)112-100(98(111(99)135-115)90-56-58-94(132-90)126-70-72(18-8)34-24-16-6)104-116(136-112)108-86(66-82(130-108)64-84-96(88(68-120)122-10)102-110-92(60-62-128-110)134-114(102)106(84)124)118(104,79-51-43-75(44-52-79)37-31-27-21-13-3)80-53-45-76(46-54-80)38-32-28-22-14-4/h39-66,71-72H,11-38,69-70H2,1-8H3/b83-63-,84-64-,95-87+,96-88?. The second-order valence-corrected chi connectivity index (χ2v) is 47.5. The van der Waals surface area contributed by atoms with E-state index in [1.165, 1.54) is 92.5 Å². The molecule has 0 spiro atoms. The minimum atomic E-state index is -1.01. The summed E-state index contributed by atoms with van der Waals surface area (Å²) in [6.07, 6.45) is 35.0. The van der Waals surface area contributed by atoms with Gasteiger partial charge in [0.1, 0.15) is 0 Å². The Hall–Kier alpha value is -10.0. The summed E-state index contributed by atoms with van der Waals surface area (Å²) >= 11 is 16.8. The van der Waals surface area contributed by atoms with Crippen LogP contribution in [-0.2, 0) is 36.5 Å². The number of hydrogen-bond donors (Lipinski definition) is 0. The second-order valence-electron chi connectivity index (χ2n) is 37.3. The van der Waals surface area contributed by atoms with Crippen molar-refractivity contribution in [2.75, 3.05) is 13.2 Å². The van der Waals surface area contributed by atoms with Crippen LogP contribution in [-0.4, -0.2) is 24.8 Å². The molecule has 0 saturated carbocycles. The number of ketones is 2. The van der Waals surface area contributed by atoms with Gasteiger partial charge in [0, 0.05) is 93.6 Å². The molecule has 10 aromatic heterocycles. The zero-order chi connectivity index (χ0) is 93.9. The Balaban J connectivity index is 0.968. The minimum absolute atomic E-state index is 0.0845. The van der Waals surface area contributed by atoms with Gasteiger partial charge in [-0.3, -0.25) is 9.59 Å². The molecule has 0 N–H and O–H groups in total. The summed E-state index contributed by atoms with van der Waals surface area (Å²) in [5.41, 5.74) is 17.6. The number of thiophene rings is 10. The number of Topliss-reactive ketones (excluding diaryl/α,β-unsaturated/α-hetero) is 2. The third-order valence-electron chi connectivity index (χ3n) is 28.7. The predicted octanol–water partition coefficient (Wildman–Crippen LogP) is 37.5. The fourth-order valence-corrected chi connectivity index (χ4v) is 33.6. The molecular formula is C118H114N4O4S10.